The molecule has 0 aliphatic heterocycles. The summed E-state index contributed by atoms with van der Waals surface area (Å²) in [6, 6.07) is 3.96. The highest BCUT2D eigenvalue weighted by Crippen LogP contribution is 2.15. The highest BCUT2D eigenvalue weighted by Gasteiger charge is 2.28. The van der Waals surface area contributed by atoms with Crippen molar-refractivity contribution in [1.82, 2.24) is 9.88 Å². The van der Waals surface area contributed by atoms with Gasteiger partial charge in [-0.2, -0.15) is 5.26 Å². The van der Waals surface area contributed by atoms with E-state index in [9.17, 15) is 4.79 Å². The molecule has 0 fully saturated rings. The fourth-order valence-corrected chi connectivity index (χ4v) is 1.69. The molecule has 0 saturated carbocycles. The zero-order valence-corrected chi connectivity index (χ0v) is 11.5. The minimum absolute atomic E-state index is 0.309. The number of esters is 1. The minimum atomic E-state index is -0.746. The molecule has 1 heterocycles. The Bertz CT molecular complexity index is 495. The largest absolute Gasteiger partial charge is 0.468 e. The molecule has 1 aromatic rings. The predicted octanol–water partition coefficient (Wildman–Crippen LogP) is 1.25. The SMILES string of the molecule is COC(=O)C(C)(C)NCc1cc(C#N)n(C)c1C. The molecule has 1 rings (SSSR count). The van der Waals surface area contributed by atoms with Crippen LogP contribution >= 0.6 is 0 Å². The number of hydrogen-bond donors (Lipinski definition) is 1. The molecule has 5 nitrogen and oxygen atoms in total. The first-order chi connectivity index (χ1) is 8.33. The zero-order chi connectivity index (χ0) is 13.9. The molecule has 18 heavy (non-hydrogen) atoms. The third kappa shape index (κ3) is 2.71. The maximum absolute atomic E-state index is 11.5. The second-order valence-corrected chi connectivity index (χ2v) is 4.78. The highest BCUT2D eigenvalue weighted by molar-refractivity contribution is 5.79. The third-order valence-corrected chi connectivity index (χ3v) is 3.17. The van der Waals surface area contributed by atoms with E-state index in [4.69, 9.17) is 10.00 Å². The van der Waals surface area contributed by atoms with Crippen LogP contribution in [-0.4, -0.2) is 23.2 Å². The van der Waals surface area contributed by atoms with Gasteiger partial charge in [-0.3, -0.25) is 10.1 Å². The summed E-state index contributed by atoms with van der Waals surface area (Å²) in [7, 11) is 3.22. The molecule has 98 valence electrons. The lowest BCUT2D eigenvalue weighted by molar-refractivity contribution is -0.147. The summed E-state index contributed by atoms with van der Waals surface area (Å²) in [5.41, 5.74) is 1.88. The van der Waals surface area contributed by atoms with Gasteiger partial charge in [0.15, 0.2) is 0 Å². The molecule has 5 heteroatoms. The highest BCUT2D eigenvalue weighted by atomic mass is 16.5. The number of aromatic nitrogens is 1. The van der Waals surface area contributed by atoms with Crippen molar-refractivity contribution in [2.45, 2.75) is 32.9 Å². The van der Waals surface area contributed by atoms with Crippen molar-refractivity contribution < 1.29 is 9.53 Å². The maximum atomic E-state index is 11.5. The number of rotatable bonds is 4. The Morgan fingerprint density at radius 1 is 1.61 bits per heavy atom. The number of nitrogens with zero attached hydrogens (tertiary/aromatic N) is 2. The van der Waals surface area contributed by atoms with Gasteiger partial charge in [0.25, 0.3) is 0 Å². The summed E-state index contributed by atoms with van der Waals surface area (Å²) in [6.45, 7) is 6.00. The van der Waals surface area contributed by atoms with E-state index in [1.165, 1.54) is 7.11 Å². The van der Waals surface area contributed by atoms with Crippen LogP contribution in [0, 0.1) is 18.3 Å². The van der Waals surface area contributed by atoms with Crippen LogP contribution in [0.2, 0.25) is 0 Å². The fourth-order valence-electron chi connectivity index (χ4n) is 1.69. The Morgan fingerprint density at radius 2 is 2.22 bits per heavy atom. The van der Waals surface area contributed by atoms with Crippen molar-refractivity contribution in [2.24, 2.45) is 7.05 Å². The van der Waals surface area contributed by atoms with Crippen LogP contribution in [0.4, 0.5) is 0 Å². The standard InChI is InChI=1S/C13H19N3O2/c1-9-10(6-11(7-14)16(9)4)8-15-13(2,3)12(17)18-5/h6,15H,8H2,1-5H3. The number of carbonyl (C=O) groups is 1. The monoisotopic (exact) mass is 249 g/mol. The van der Waals surface area contributed by atoms with Crippen LogP contribution in [0.5, 0.6) is 0 Å². The molecule has 0 spiro atoms. The number of ether oxygens (including phenoxy) is 1. The van der Waals surface area contributed by atoms with Gasteiger partial charge >= 0.3 is 5.97 Å². The van der Waals surface area contributed by atoms with Crippen LogP contribution < -0.4 is 5.32 Å². The molecule has 0 bridgehead atoms. The Hall–Kier alpha value is -1.80. The van der Waals surface area contributed by atoms with E-state index in [2.05, 4.69) is 11.4 Å². The van der Waals surface area contributed by atoms with E-state index in [-0.39, 0.29) is 5.97 Å². The van der Waals surface area contributed by atoms with Gasteiger partial charge in [-0.05, 0) is 32.4 Å². The molecule has 0 radical (unpaired) electrons. The molecule has 0 amide bonds. The summed E-state index contributed by atoms with van der Waals surface area (Å²) < 4.78 is 6.56. The van der Waals surface area contributed by atoms with Crippen LogP contribution in [0.25, 0.3) is 0 Å². The van der Waals surface area contributed by atoms with Gasteiger partial charge in [0.2, 0.25) is 0 Å². The summed E-state index contributed by atoms with van der Waals surface area (Å²) in [5, 5.41) is 12.1. The molecule has 0 aromatic carbocycles. The summed E-state index contributed by atoms with van der Waals surface area (Å²) in [5.74, 6) is -0.309. The molecule has 0 saturated heterocycles. The van der Waals surface area contributed by atoms with E-state index in [1.807, 2.05) is 24.6 Å². The van der Waals surface area contributed by atoms with Gasteiger partial charge in [-0.25, -0.2) is 0 Å². The topological polar surface area (TPSA) is 67.0 Å². The fraction of sp³-hybridized carbons (Fsp3) is 0.538. The molecule has 0 atom stereocenters. The normalized spacial score (nSPS) is 11.1. The molecule has 1 aromatic heterocycles. The minimum Gasteiger partial charge on any atom is -0.468 e. The van der Waals surface area contributed by atoms with E-state index in [0.717, 1.165) is 11.3 Å². The number of nitrogens with one attached hydrogen (secondary N) is 1. The van der Waals surface area contributed by atoms with Crippen molar-refractivity contribution in [3.05, 3.63) is 23.0 Å². The molecule has 1 N–H and O–H groups in total. The maximum Gasteiger partial charge on any atom is 0.325 e. The van der Waals surface area contributed by atoms with Gasteiger partial charge in [0, 0.05) is 19.3 Å². The number of carbonyl (C=O) groups excluding carboxylic acids is 1. The van der Waals surface area contributed by atoms with Gasteiger partial charge in [-0.1, -0.05) is 0 Å². The van der Waals surface area contributed by atoms with Gasteiger partial charge in [0.1, 0.15) is 17.3 Å². The van der Waals surface area contributed by atoms with Crippen molar-refractivity contribution in [1.29, 1.82) is 5.26 Å². The van der Waals surface area contributed by atoms with E-state index < -0.39 is 5.54 Å². The lowest BCUT2D eigenvalue weighted by Crippen LogP contribution is -2.47. The van der Waals surface area contributed by atoms with Crippen LogP contribution in [0.3, 0.4) is 0 Å². The van der Waals surface area contributed by atoms with Crippen LogP contribution in [0.15, 0.2) is 6.07 Å². The predicted molar refractivity (Wildman–Crippen MR) is 67.8 cm³/mol. The van der Waals surface area contributed by atoms with Crippen LogP contribution in [-0.2, 0) is 23.1 Å². The Kier molecular flexibility index (Phi) is 4.15. The Morgan fingerprint density at radius 3 is 2.67 bits per heavy atom. The quantitative estimate of drug-likeness (QED) is 0.815. The average Bonchev–Trinajstić information content (AvgIpc) is 2.62. The summed E-state index contributed by atoms with van der Waals surface area (Å²) >= 11 is 0. The van der Waals surface area contributed by atoms with Gasteiger partial charge < -0.3 is 9.30 Å². The number of hydrogen-bond acceptors (Lipinski definition) is 4. The Labute approximate surface area is 107 Å². The van der Waals surface area contributed by atoms with Gasteiger partial charge in [0.05, 0.1) is 7.11 Å². The van der Waals surface area contributed by atoms with E-state index >= 15 is 0 Å². The smallest absolute Gasteiger partial charge is 0.325 e. The van der Waals surface area contributed by atoms with Gasteiger partial charge in [-0.15, -0.1) is 0 Å². The molecule has 0 unspecified atom stereocenters. The molecular formula is C13H19N3O2. The van der Waals surface area contributed by atoms with Crippen molar-refractivity contribution in [3.63, 3.8) is 0 Å². The number of nitriles is 1. The second-order valence-electron chi connectivity index (χ2n) is 4.78. The molecule has 0 aliphatic carbocycles. The van der Waals surface area contributed by atoms with E-state index in [1.54, 1.807) is 13.8 Å². The Balaban J connectivity index is 2.82. The van der Waals surface area contributed by atoms with Crippen molar-refractivity contribution in [3.8, 4) is 6.07 Å². The average molecular weight is 249 g/mol. The number of methoxy groups -OCH3 is 1. The van der Waals surface area contributed by atoms with Crippen molar-refractivity contribution >= 4 is 5.97 Å². The first-order valence-electron chi connectivity index (χ1n) is 5.72. The first kappa shape index (κ1) is 14.3. The molecule has 0 aliphatic rings. The zero-order valence-electron chi connectivity index (χ0n) is 11.5. The van der Waals surface area contributed by atoms with E-state index in [0.29, 0.717) is 12.2 Å². The first-order valence-corrected chi connectivity index (χ1v) is 5.72. The second kappa shape index (κ2) is 5.23. The summed E-state index contributed by atoms with van der Waals surface area (Å²) in [6.07, 6.45) is 0. The van der Waals surface area contributed by atoms with Crippen LogP contribution in [0.1, 0.15) is 30.8 Å². The lowest BCUT2D eigenvalue weighted by Gasteiger charge is -2.23. The third-order valence-electron chi connectivity index (χ3n) is 3.17. The molecular weight excluding hydrogens is 230 g/mol. The lowest BCUT2D eigenvalue weighted by atomic mass is 10.1. The van der Waals surface area contributed by atoms with Crippen molar-refractivity contribution in [2.75, 3.05) is 7.11 Å². The summed E-state index contributed by atoms with van der Waals surface area (Å²) in [4.78, 5) is 11.5.